The van der Waals surface area contributed by atoms with Crippen LogP contribution in [-0.4, -0.2) is 62.7 Å². The van der Waals surface area contributed by atoms with Crippen LogP contribution in [0.4, 0.5) is 0 Å². The molecule has 0 saturated carbocycles. The first-order valence-corrected chi connectivity index (χ1v) is 10.1. The van der Waals surface area contributed by atoms with E-state index >= 15 is 0 Å². The van der Waals surface area contributed by atoms with E-state index in [0.717, 1.165) is 4.47 Å². The summed E-state index contributed by atoms with van der Waals surface area (Å²) in [6, 6.07) is 10.7. The number of nitrogens with zero attached hydrogens (tertiary/aromatic N) is 5. The number of carbonyl (C=O) groups excluding carboxylic acids is 2. The van der Waals surface area contributed by atoms with Crippen LogP contribution in [0.3, 0.4) is 0 Å². The molecule has 0 radical (unpaired) electrons. The summed E-state index contributed by atoms with van der Waals surface area (Å²) in [4.78, 5) is 41.2. The van der Waals surface area contributed by atoms with Crippen LogP contribution < -0.4 is 4.74 Å². The van der Waals surface area contributed by atoms with Crippen molar-refractivity contribution >= 4 is 27.7 Å². The van der Waals surface area contributed by atoms with Crippen molar-refractivity contribution in [1.82, 2.24) is 24.8 Å². The fraction of sp³-hybridized carbons (Fsp3) is 0.190. The molecular formula is C21H18BrN5O3. The van der Waals surface area contributed by atoms with E-state index in [2.05, 4.69) is 30.9 Å². The van der Waals surface area contributed by atoms with Crippen molar-refractivity contribution in [3.05, 3.63) is 76.9 Å². The van der Waals surface area contributed by atoms with Crippen molar-refractivity contribution in [2.75, 3.05) is 26.2 Å². The topological polar surface area (TPSA) is 88.5 Å². The maximum absolute atomic E-state index is 13.1. The zero-order valence-electron chi connectivity index (χ0n) is 15.9. The average Bonchev–Trinajstić information content (AvgIpc) is 2.81. The van der Waals surface area contributed by atoms with E-state index in [9.17, 15) is 9.59 Å². The second-order valence-corrected chi connectivity index (χ2v) is 7.50. The highest BCUT2D eigenvalue weighted by Crippen LogP contribution is 2.25. The molecule has 1 aliphatic heterocycles. The Morgan fingerprint density at radius 3 is 2.23 bits per heavy atom. The maximum atomic E-state index is 13.1. The lowest BCUT2D eigenvalue weighted by Crippen LogP contribution is -2.50. The molecule has 152 valence electrons. The zero-order valence-corrected chi connectivity index (χ0v) is 17.5. The minimum Gasteiger partial charge on any atom is -0.438 e. The molecule has 0 bridgehead atoms. The predicted octanol–water partition coefficient (Wildman–Crippen LogP) is 3.02. The van der Waals surface area contributed by atoms with E-state index in [1.165, 1.54) is 18.6 Å². The summed E-state index contributed by atoms with van der Waals surface area (Å²) in [6.07, 6.45) is 6.04. The maximum Gasteiger partial charge on any atom is 0.274 e. The summed E-state index contributed by atoms with van der Waals surface area (Å²) >= 11 is 3.38. The first-order chi connectivity index (χ1) is 14.6. The SMILES string of the molecule is O=C(c1cnccn1)N1CCN(C(=O)c2cccnc2Oc2ccc(Br)cc2)CC1. The summed E-state index contributed by atoms with van der Waals surface area (Å²) in [6.45, 7) is 1.67. The first kappa shape index (κ1) is 20.0. The van der Waals surface area contributed by atoms with Gasteiger partial charge in [-0.15, -0.1) is 0 Å². The number of ether oxygens (including phenoxy) is 1. The number of aromatic nitrogens is 3. The summed E-state index contributed by atoms with van der Waals surface area (Å²) in [7, 11) is 0. The number of benzene rings is 1. The first-order valence-electron chi connectivity index (χ1n) is 9.35. The van der Waals surface area contributed by atoms with Gasteiger partial charge in [-0.3, -0.25) is 14.6 Å². The summed E-state index contributed by atoms with van der Waals surface area (Å²) in [5.74, 6) is 0.478. The van der Waals surface area contributed by atoms with Crippen molar-refractivity contribution < 1.29 is 14.3 Å². The van der Waals surface area contributed by atoms with Crippen molar-refractivity contribution in [1.29, 1.82) is 0 Å². The number of rotatable bonds is 4. The molecule has 2 amide bonds. The number of amides is 2. The Morgan fingerprint density at radius 2 is 1.57 bits per heavy atom. The largest absolute Gasteiger partial charge is 0.438 e. The molecule has 4 rings (SSSR count). The second-order valence-electron chi connectivity index (χ2n) is 6.59. The number of hydrogen-bond donors (Lipinski definition) is 0. The van der Waals surface area contributed by atoms with Gasteiger partial charge in [0.15, 0.2) is 0 Å². The smallest absolute Gasteiger partial charge is 0.274 e. The number of hydrogen-bond acceptors (Lipinski definition) is 6. The van der Waals surface area contributed by atoms with Crippen LogP contribution >= 0.6 is 15.9 Å². The molecule has 2 aromatic heterocycles. The van der Waals surface area contributed by atoms with E-state index in [0.29, 0.717) is 43.2 Å². The summed E-state index contributed by atoms with van der Waals surface area (Å²) < 4.78 is 6.77. The van der Waals surface area contributed by atoms with Gasteiger partial charge in [0, 0.05) is 49.2 Å². The molecule has 30 heavy (non-hydrogen) atoms. The standard InChI is InChI=1S/C21H18BrN5O3/c22-15-3-5-16(6-4-15)30-19-17(2-1-7-25-19)20(28)26-10-12-27(13-11-26)21(29)18-14-23-8-9-24-18/h1-9,14H,10-13H2. The fourth-order valence-electron chi connectivity index (χ4n) is 3.10. The van der Waals surface area contributed by atoms with E-state index in [-0.39, 0.29) is 17.7 Å². The Bertz CT molecular complexity index is 1040. The van der Waals surface area contributed by atoms with Crippen molar-refractivity contribution in [3.63, 3.8) is 0 Å². The van der Waals surface area contributed by atoms with E-state index in [1.807, 2.05) is 12.1 Å². The number of piperazine rings is 1. The highest BCUT2D eigenvalue weighted by Gasteiger charge is 2.28. The van der Waals surface area contributed by atoms with Crippen LogP contribution in [-0.2, 0) is 0 Å². The van der Waals surface area contributed by atoms with Crippen LogP contribution in [0.25, 0.3) is 0 Å². The molecule has 3 heterocycles. The summed E-state index contributed by atoms with van der Waals surface area (Å²) in [5.41, 5.74) is 0.684. The Balaban J connectivity index is 1.43. The Kier molecular flexibility index (Phi) is 5.99. The lowest BCUT2D eigenvalue weighted by Gasteiger charge is -2.34. The highest BCUT2D eigenvalue weighted by molar-refractivity contribution is 9.10. The molecule has 1 saturated heterocycles. The Labute approximate surface area is 181 Å². The minimum atomic E-state index is -0.184. The zero-order chi connectivity index (χ0) is 20.9. The number of carbonyl (C=O) groups is 2. The highest BCUT2D eigenvalue weighted by atomic mass is 79.9. The quantitative estimate of drug-likeness (QED) is 0.585. The van der Waals surface area contributed by atoms with Crippen LogP contribution in [0.2, 0.25) is 0 Å². The molecule has 8 nitrogen and oxygen atoms in total. The van der Waals surface area contributed by atoms with Gasteiger partial charge >= 0.3 is 0 Å². The van der Waals surface area contributed by atoms with Crippen LogP contribution in [0, 0.1) is 0 Å². The van der Waals surface area contributed by atoms with Gasteiger partial charge in [-0.05, 0) is 36.4 Å². The van der Waals surface area contributed by atoms with Gasteiger partial charge in [-0.2, -0.15) is 0 Å². The molecule has 0 N–H and O–H groups in total. The Hall–Kier alpha value is -3.33. The average molecular weight is 468 g/mol. The van der Waals surface area contributed by atoms with Crippen molar-refractivity contribution in [2.45, 2.75) is 0 Å². The van der Waals surface area contributed by atoms with E-state index in [1.54, 1.807) is 40.3 Å². The molecule has 1 fully saturated rings. The fourth-order valence-corrected chi connectivity index (χ4v) is 3.37. The summed E-state index contributed by atoms with van der Waals surface area (Å²) in [5, 5.41) is 0. The van der Waals surface area contributed by atoms with Crippen LogP contribution in [0.1, 0.15) is 20.8 Å². The number of halogens is 1. The minimum absolute atomic E-state index is 0.179. The molecule has 0 spiro atoms. The van der Waals surface area contributed by atoms with Gasteiger partial charge in [0.05, 0.1) is 6.20 Å². The Morgan fingerprint density at radius 1 is 0.867 bits per heavy atom. The van der Waals surface area contributed by atoms with E-state index < -0.39 is 0 Å². The second kappa shape index (κ2) is 9.00. The van der Waals surface area contributed by atoms with Gasteiger partial charge in [0.2, 0.25) is 5.88 Å². The van der Waals surface area contributed by atoms with Gasteiger partial charge in [-0.1, -0.05) is 15.9 Å². The normalized spacial score (nSPS) is 13.8. The molecule has 9 heteroatoms. The van der Waals surface area contributed by atoms with Crippen LogP contribution in [0.5, 0.6) is 11.6 Å². The molecule has 1 aromatic carbocycles. The third-order valence-electron chi connectivity index (χ3n) is 4.67. The molecular weight excluding hydrogens is 450 g/mol. The third kappa shape index (κ3) is 4.46. The van der Waals surface area contributed by atoms with Gasteiger partial charge in [0.1, 0.15) is 17.0 Å². The molecule has 0 atom stereocenters. The lowest BCUT2D eigenvalue weighted by atomic mass is 10.2. The molecule has 1 aliphatic rings. The molecule has 0 aliphatic carbocycles. The number of pyridine rings is 1. The van der Waals surface area contributed by atoms with Gasteiger partial charge in [-0.25, -0.2) is 9.97 Å². The van der Waals surface area contributed by atoms with Crippen LogP contribution in [0.15, 0.2) is 65.7 Å². The monoisotopic (exact) mass is 467 g/mol. The molecule has 0 unspecified atom stereocenters. The van der Waals surface area contributed by atoms with Gasteiger partial charge < -0.3 is 14.5 Å². The third-order valence-corrected chi connectivity index (χ3v) is 5.19. The lowest BCUT2D eigenvalue weighted by molar-refractivity contribution is 0.0530. The predicted molar refractivity (Wildman–Crippen MR) is 112 cm³/mol. The van der Waals surface area contributed by atoms with Crippen molar-refractivity contribution in [3.8, 4) is 11.6 Å². The van der Waals surface area contributed by atoms with Crippen molar-refractivity contribution in [2.24, 2.45) is 0 Å². The molecule has 3 aromatic rings. The van der Waals surface area contributed by atoms with E-state index in [4.69, 9.17) is 4.74 Å². The van der Waals surface area contributed by atoms with Gasteiger partial charge in [0.25, 0.3) is 11.8 Å².